The Labute approximate surface area is 152 Å². The number of amides is 1. The van der Waals surface area contributed by atoms with Crippen LogP contribution in [0.3, 0.4) is 0 Å². The van der Waals surface area contributed by atoms with Crippen LogP contribution in [0.15, 0.2) is 54.6 Å². The van der Waals surface area contributed by atoms with Crippen LogP contribution in [0.1, 0.15) is 27.3 Å². The lowest BCUT2D eigenvalue weighted by molar-refractivity contribution is 0.102. The van der Waals surface area contributed by atoms with Crippen LogP contribution in [0.5, 0.6) is 5.75 Å². The first-order chi connectivity index (χ1) is 12.5. The highest BCUT2D eigenvalue weighted by molar-refractivity contribution is 6.05. The van der Waals surface area contributed by atoms with Gasteiger partial charge in [0.25, 0.3) is 5.91 Å². The minimum atomic E-state index is -0.201. The molecule has 1 N–H and O–H groups in total. The van der Waals surface area contributed by atoms with Crippen molar-refractivity contribution in [3.05, 3.63) is 77.1 Å². The van der Waals surface area contributed by atoms with Crippen molar-refractivity contribution in [3.63, 3.8) is 0 Å². The Kier molecular flexibility index (Phi) is 4.76. The number of carbonyl (C=O) groups is 1. The number of ether oxygens (including phenoxy) is 1. The van der Waals surface area contributed by atoms with E-state index in [2.05, 4.69) is 11.4 Å². The van der Waals surface area contributed by atoms with Crippen molar-refractivity contribution in [1.29, 1.82) is 5.26 Å². The van der Waals surface area contributed by atoms with Crippen molar-refractivity contribution in [2.75, 3.05) is 12.4 Å². The van der Waals surface area contributed by atoms with E-state index in [1.54, 1.807) is 31.4 Å². The topological polar surface area (TPSA) is 67.0 Å². The van der Waals surface area contributed by atoms with Crippen molar-refractivity contribution >= 4 is 11.6 Å². The molecular formula is C21H19N3O2. The average molecular weight is 345 g/mol. The number of aromatic nitrogens is 1. The minimum absolute atomic E-state index is 0.201. The largest absolute Gasteiger partial charge is 0.497 e. The van der Waals surface area contributed by atoms with Gasteiger partial charge in [-0.1, -0.05) is 6.07 Å². The Morgan fingerprint density at radius 1 is 1.12 bits per heavy atom. The summed E-state index contributed by atoms with van der Waals surface area (Å²) in [5.41, 5.74) is 4.48. The Hall–Kier alpha value is -3.52. The lowest BCUT2D eigenvalue weighted by Gasteiger charge is -2.11. The Morgan fingerprint density at radius 2 is 1.85 bits per heavy atom. The van der Waals surface area contributed by atoms with Gasteiger partial charge in [0.2, 0.25) is 0 Å². The molecule has 3 rings (SSSR count). The van der Waals surface area contributed by atoms with Crippen LogP contribution in [-0.4, -0.2) is 17.6 Å². The second-order valence-electron chi connectivity index (χ2n) is 5.96. The van der Waals surface area contributed by atoms with E-state index < -0.39 is 0 Å². The molecule has 0 atom stereocenters. The number of nitriles is 1. The quantitative estimate of drug-likeness (QED) is 0.769. The fourth-order valence-electron chi connectivity index (χ4n) is 2.99. The second-order valence-corrected chi connectivity index (χ2v) is 5.96. The molecule has 1 heterocycles. The standard InChI is InChI=1S/C21H19N3O2/c1-14-11-20(21(25)23-17-6-4-5-16(12-17)13-22)15(2)24(14)18-7-9-19(26-3)10-8-18/h4-12H,1-3H3,(H,23,25). The fourth-order valence-corrected chi connectivity index (χ4v) is 2.99. The highest BCUT2D eigenvalue weighted by Gasteiger charge is 2.17. The Bertz CT molecular complexity index is 995. The van der Waals surface area contributed by atoms with Crippen molar-refractivity contribution < 1.29 is 9.53 Å². The summed E-state index contributed by atoms with van der Waals surface area (Å²) in [6.07, 6.45) is 0. The van der Waals surface area contributed by atoms with Gasteiger partial charge in [0.1, 0.15) is 5.75 Å². The van der Waals surface area contributed by atoms with Crippen LogP contribution in [0.2, 0.25) is 0 Å². The lowest BCUT2D eigenvalue weighted by atomic mass is 10.2. The van der Waals surface area contributed by atoms with Crippen molar-refractivity contribution in [1.82, 2.24) is 4.57 Å². The summed E-state index contributed by atoms with van der Waals surface area (Å²) in [6, 6.07) is 18.5. The minimum Gasteiger partial charge on any atom is -0.497 e. The molecule has 0 saturated heterocycles. The number of methoxy groups -OCH3 is 1. The van der Waals surface area contributed by atoms with Crippen molar-refractivity contribution in [3.8, 4) is 17.5 Å². The van der Waals surface area contributed by atoms with Crippen LogP contribution in [-0.2, 0) is 0 Å². The van der Waals surface area contributed by atoms with Crippen LogP contribution in [0.25, 0.3) is 5.69 Å². The van der Waals surface area contributed by atoms with Gasteiger partial charge in [-0.05, 0) is 62.4 Å². The molecule has 0 aliphatic heterocycles. The van der Waals surface area contributed by atoms with Crippen LogP contribution < -0.4 is 10.1 Å². The monoisotopic (exact) mass is 345 g/mol. The van der Waals surface area contributed by atoms with E-state index in [0.29, 0.717) is 16.8 Å². The highest BCUT2D eigenvalue weighted by Crippen LogP contribution is 2.23. The molecule has 0 saturated carbocycles. The highest BCUT2D eigenvalue weighted by atomic mass is 16.5. The SMILES string of the molecule is COc1ccc(-n2c(C)cc(C(=O)Nc3cccc(C#N)c3)c2C)cc1. The molecule has 1 amide bonds. The van der Waals surface area contributed by atoms with Gasteiger partial charge < -0.3 is 14.6 Å². The van der Waals surface area contributed by atoms with E-state index in [1.807, 2.05) is 48.7 Å². The van der Waals surface area contributed by atoms with Crippen LogP contribution in [0, 0.1) is 25.2 Å². The molecule has 0 bridgehead atoms. The molecule has 26 heavy (non-hydrogen) atoms. The van der Waals surface area contributed by atoms with Gasteiger partial charge in [0.15, 0.2) is 0 Å². The molecule has 3 aromatic rings. The molecule has 0 fully saturated rings. The number of aryl methyl sites for hydroxylation is 1. The maximum atomic E-state index is 12.7. The van der Waals surface area contributed by atoms with Gasteiger partial charge in [-0.3, -0.25) is 4.79 Å². The predicted molar refractivity (Wildman–Crippen MR) is 101 cm³/mol. The molecule has 0 aliphatic rings. The zero-order chi connectivity index (χ0) is 18.7. The third kappa shape index (κ3) is 3.31. The number of anilines is 1. The van der Waals surface area contributed by atoms with Crippen molar-refractivity contribution in [2.24, 2.45) is 0 Å². The van der Waals surface area contributed by atoms with E-state index in [9.17, 15) is 4.79 Å². The number of carbonyl (C=O) groups excluding carboxylic acids is 1. The van der Waals surface area contributed by atoms with Gasteiger partial charge in [0, 0.05) is 22.8 Å². The first kappa shape index (κ1) is 17.3. The molecule has 2 aromatic carbocycles. The molecule has 5 nitrogen and oxygen atoms in total. The summed E-state index contributed by atoms with van der Waals surface area (Å²) >= 11 is 0. The lowest BCUT2D eigenvalue weighted by Crippen LogP contribution is -2.13. The van der Waals surface area contributed by atoms with Gasteiger partial charge in [-0.15, -0.1) is 0 Å². The molecular weight excluding hydrogens is 326 g/mol. The number of rotatable bonds is 4. The first-order valence-corrected chi connectivity index (χ1v) is 8.18. The van der Waals surface area contributed by atoms with Gasteiger partial charge in [-0.25, -0.2) is 0 Å². The number of benzene rings is 2. The fraction of sp³-hybridized carbons (Fsp3) is 0.143. The maximum Gasteiger partial charge on any atom is 0.257 e. The second kappa shape index (κ2) is 7.16. The third-order valence-corrected chi connectivity index (χ3v) is 4.26. The molecule has 0 radical (unpaired) electrons. The normalized spacial score (nSPS) is 10.2. The molecule has 0 aliphatic carbocycles. The zero-order valence-electron chi connectivity index (χ0n) is 14.9. The molecule has 1 aromatic heterocycles. The van der Waals surface area contributed by atoms with Gasteiger partial charge in [0.05, 0.1) is 24.3 Å². The summed E-state index contributed by atoms with van der Waals surface area (Å²) < 4.78 is 7.23. The number of hydrogen-bond acceptors (Lipinski definition) is 3. The average Bonchev–Trinajstić information content (AvgIpc) is 2.96. The molecule has 130 valence electrons. The molecule has 0 spiro atoms. The first-order valence-electron chi connectivity index (χ1n) is 8.18. The Morgan fingerprint density at radius 3 is 2.50 bits per heavy atom. The predicted octanol–water partition coefficient (Wildman–Crippen LogP) is 4.23. The summed E-state index contributed by atoms with van der Waals surface area (Å²) in [5.74, 6) is 0.583. The third-order valence-electron chi connectivity index (χ3n) is 4.26. The Balaban J connectivity index is 1.91. The zero-order valence-corrected chi connectivity index (χ0v) is 14.9. The van der Waals surface area contributed by atoms with Crippen LogP contribution >= 0.6 is 0 Å². The van der Waals surface area contributed by atoms with E-state index in [4.69, 9.17) is 10.00 Å². The van der Waals surface area contributed by atoms with Gasteiger partial charge >= 0.3 is 0 Å². The number of nitrogens with zero attached hydrogens (tertiary/aromatic N) is 2. The maximum absolute atomic E-state index is 12.7. The smallest absolute Gasteiger partial charge is 0.257 e. The molecule has 0 unspecified atom stereocenters. The van der Waals surface area contributed by atoms with E-state index in [-0.39, 0.29) is 5.91 Å². The molecule has 5 heteroatoms. The summed E-state index contributed by atoms with van der Waals surface area (Å²) in [5, 5.41) is 11.8. The van der Waals surface area contributed by atoms with Gasteiger partial charge in [-0.2, -0.15) is 5.26 Å². The van der Waals surface area contributed by atoms with E-state index >= 15 is 0 Å². The van der Waals surface area contributed by atoms with Crippen LogP contribution in [0.4, 0.5) is 5.69 Å². The van der Waals surface area contributed by atoms with Crippen molar-refractivity contribution in [2.45, 2.75) is 13.8 Å². The van der Waals surface area contributed by atoms with E-state index in [1.165, 1.54) is 0 Å². The van der Waals surface area contributed by atoms with E-state index in [0.717, 1.165) is 22.8 Å². The number of nitrogens with one attached hydrogen (secondary N) is 1. The summed E-state index contributed by atoms with van der Waals surface area (Å²) in [7, 11) is 1.63. The summed E-state index contributed by atoms with van der Waals surface area (Å²) in [6.45, 7) is 3.88. The number of hydrogen-bond donors (Lipinski definition) is 1. The summed E-state index contributed by atoms with van der Waals surface area (Å²) in [4.78, 5) is 12.7.